The summed E-state index contributed by atoms with van der Waals surface area (Å²) in [7, 11) is 1.12. The minimum Gasteiger partial charge on any atom is -0.502 e. The van der Waals surface area contributed by atoms with Gasteiger partial charge in [-0.1, -0.05) is 6.07 Å². The second-order valence-corrected chi connectivity index (χ2v) is 4.46. The van der Waals surface area contributed by atoms with Crippen LogP contribution >= 0.6 is 0 Å². The third-order valence-corrected chi connectivity index (χ3v) is 2.98. The van der Waals surface area contributed by atoms with Crippen LogP contribution in [0.15, 0.2) is 23.9 Å². The number of phenolic OH excluding ortho intramolecular Hbond substituents is 1. The van der Waals surface area contributed by atoms with Gasteiger partial charge in [0.05, 0.1) is 12.0 Å². The summed E-state index contributed by atoms with van der Waals surface area (Å²) in [5.74, 6) is -2.06. The Bertz CT molecular complexity index is 741. The van der Waals surface area contributed by atoms with Gasteiger partial charge in [0.1, 0.15) is 12.2 Å². The number of hydrogen-bond donors (Lipinski definition) is 2. The predicted molar refractivity (Wildman–Crippen MR) is 75.0 cm³/mol. The van der Waals surface area contributed by atoms with Gasteiger partial charge < -0.3 is 15.2 Å². The summed E-state index contributed by atoms with van der Waals surface area (Å²) >= 11 is 0. The van der Waals surface area contributed by atoms with E-state index >= 15 is 0 Å². The van der Waals surface area contributed by atoms with E-state index in [1.165, 1.54) is 12.1 Å². The number of hydrogen-bond acceptors (Lipinski definition) is 7. The highest BCUT2D eigenvalue weighted by atomic mass is 16.6. The molecule has 0 aromatic heterocycles. The average molecular weight is 321 g/mol. The minimum absolute atomic E-state index is 0.154. The van der Waals surface area contributed by atoms with E-state index in [2.05, 4.69) is 10.1 Å². The number of rotatable bonds is 4. The van der Waals surface area contributed by atoms with Crippen LogP contribution in [0.2, 0.25) is 0 Å². The maximum absolute atomic E-state index is 12.0. The maximum Gasteiger partial charge on any atom is 0.329 e. The molecule has 0 saturated carbocycles. The summed E-state index contributed by atoms with van der Waals surface area (Å²) in [4.78, 5) is 45.5. The summed E-state index contributed by atoms with van der Waals surface area (Å²) in [6.45, 7) is -0.547. The number of nitrogens with zero attached hydrogens (tertiary/aromatic N) is 2. The molecule has 0 aliphatic carbocycles. The molecular weight excluding hydrogens is 310 g/mol. The van der Waals surface area contributed by atoms with Gasteiger partial charge in [-0.25, -0.2) is 9.69 Å². The molecule has 1 aliphatic rings. The van der Waals surface area contributed by atoms with Crippen molar-refractivity contribution in [2.24, 2.45) is 0 Å². The molecule has 3 amide bonds. The van der Waals surface area contributed by atoms with Gasteiger partial charge in [0.15, 0.2) is 5.75 Å². The molecular formula is C13H11N3O7. The normalized spacial score (nSPS) is 15.7. The van der Waals surface area contributed by atoms with Gasteiger partial charge in [0, 0.05) is 6.07 Å². The van der Waals surface area contributed by atoms with Crippen LogP contribution in [0.25, 0.3) is 6.08 Å². The van der Waals surface area contributed by atoms with Crippen LogP contribution in [-0.2, 0) is 14.3 Å². The van der Waals surface area contributed by atoms with Crippen LogP contribution in [0.4, 0.5) is 10.5 Å². The van der Waals surface area contributed by atoms with Gasteiger partial charge in [-0.2, -0.15) is 0 Å². The van der Waals surface area contributed by atoms with Crippen molar-refractivity contribution < 1.29 is 29.2 Å². The van der Waals surface area contributed by atoms with Crippen LogP contribution in [-0.4, -0.2) is 46.5 Å². The quantitative estimate of drug-likeness (QED) is 0.268. The molecule has 23 heavy (non-hydrogen) atoms. The van der Waals surface area contributed by atoms with Gasteiger partial charge in [-0.3, -0.25) is 19.7 Å². The van der Waals surface area contributed by atoms with E-state index < -0.39 is 40.8 Å². The number of nitrogens with one attached hydrogen (secondary N) is 1. The molecule has 10 heteroatoms. The number of ether oxygens (including phenoxy) is 1. The third-order valence-electron chi connectivity index (χ3n) is 2.98. The molecule has 1 aromatic rings. The lowest BCUT2D eigenvalue weighted by Gasteiger charge is -2.08. The topological polar surface area (TPSA) is 139 Å². The largest absolute Gasteiger partial charge is 0.502 e. The van der Waals surface area contributed by atoms with Crippen LogP contribution in [0.5, 0.6) is 5.75 Å². The maximum atomic E-state index is 12.0. The molecule has 10 nitrogen and oxygen atoms in total. The van der Waals surface area contributed by atoms with Gasteiger partial charge in [-0.15, -0.1) is 0 Å². The molecule has 2 N–H and O–H groups in total. The Morgan fingerprint density at radius 1 is 1.48 bits per heavy atom. The molecule has 1 fully saturated rings. The number of urea groups is 1. The molecule has 2 rings (SSSR count). The summed E-state index contributed by atoms with van der Waals surface area (Å²) in [6.07, 6.45) is 1.20. The van der Waals surface area contributed by atoms with E-state index in [0.717, 1.165) is 19.2 Å². The van der Waals surface area contributed by atoms with Crippen molar-refractivity contribution in [3.05, 3.63) is 39.6 Å². The lowest BCUT2D eigenvalue weighted by Crippen LogP contribution is -2.36. The smallest absolute Gasteiger partial charge is 0.329 e. The number of carbonyl (C=O) groups is 3. The van der Waals surface area contributed by atoms with Crippen molar-refractivity contribution in [1.29, 1.82) is 0 Å². The zero-order valence-electron chi connectivity index (χ0n) is 11.8. The van der Waals surface area contributed by atoms with E-state index in [-0.39, 0.29) is 11.3 Å². The molecule has 0 atom stereocenters. The van der Waals surface area contributed by atoms with E-state index in [1.807, 2.05) is 0 Å². The first-order chi connectivity index (χ1) is 10.8. The fourth-order valence-corrected chi connectivity index (χ4v) is 1.85. The Morgan fingerprint density at radius 3 is 2.78 bits per heavy atom. The number of amides is 3. The number of nitro groups is 1. The van der Waals surface area contributed by atoms with Crippen LogP contribution < -0.4 is 5.32 Å². The number of esters is 1. The monoisotopic (exact) mass is 321 g/mol. The Balaban J connectivity index is 2.29. The summed E-state index contributed by atoms with van der Waals surface area (Å²) in [6, 6.07) is 2.67. The second kappa shape index (κ2) is 6.13. The Kier molecular flexibility index (Phi) is 4.25. The first-order valence-corrected chi connectivity index (χ1v) is 6.22. The number of phenols is 1. The Labute approximate surface area is 129 Å². The number of nitro benzene ring substituents is 1. The van der Waals surface area contributed by atoms with E-state index in [0.29, 0.717) is 4.90 Å². The standard InChI is InChI=1S/C13H11N3O7/c1-23-11(18)6-15-12(19)8(14-13(15)20)4-7-2-3-10(17)9(5-7)16(21)22/h2-5,17H,6H2,1H3,(H,14,20). The van der Waals surface area contributed by atoms with Crippen molar-refractivity contribution in [1.82, 2.24) is 10.2 Å². The number of aromatic hydroxyl groups is 1. The molecule has 1 saturated heterocycles. The van der Waals surface area contributed by atoms with Gasteiger partial charge >= 0.3 is 17.7 Å². The zero-order chi connectivity index (χ0) is 17.1. The predicted octanol–water partition coefficient (Wildman–Crippen LogP) is 0.366. The lowest BCUT2D eigenvalue weighted by molar-refractivity contribution is -0.385. The number of carbonyl (C=O) groups excluding carboxylic acids is 3. The Morgan fingerprint density at radius 2 is 2.17 bits per heavy atom. The first-order valence-electron chi connectivity index (χ1n) is 6.22. The molecule has 1 heterocycles. The van der Waals surface area contributed by atoms with Gasteiger partial charge in [0.25, 0.3) is 5.91 Å². The van der Waals surface area contributed by atoms with Gasteiger partial charge in [0.2, 0.25) is 0 Å². The highest BCUT2D eigenvalue weighted by Crippen LogP contribution is 2.27. The van der Waals surface area contributed by atoms with E-state index in [9.17, 15) is 29.6 Å². The fraction of sp³-hybridized carbons (Fsp3) is 0.154. The molecule has 120 valence electrons. The minimum atomic E-state index is -0.806. The average Bonchev–Trinajstić information content (AvgIpc) is 2.76. The molecule has 1 aliphatic heterocycles. The van der Waals surface area contributed by atoms with Crippen molar-refractivity contribution in [2.75, 3.05) is 13.7 Å². The molecule has 0 unspecified atom stereocenters. The summed E-state index contributed by atoms with van der Waals surface area (Å²) in [5, 5.41) is 22.4. The van der Waals surface area contributed by atoms with Crippen molar-refractivity contribution in [3.63, 3.8) is 0 Å². The van der Waals surface area contributed by atoms with Crippen molar-refractivity contribution in [3.8, 4) is 5.75 Å². The first kappa shape index (κ1) is 15.9. The number of methoxy groups -OCH3 is 1. The van der Waals surface area contributed by atoms with Crippen LogP contribution in [0.3, 0.4) is 0 Å². The zero-order valence-corrected chi connectivity index (χ0v) is 11.8. The van der Waals surface area contributed by atoms with Crippen molar-refractivity contribution in [2.45, 2.75) is 0 Å². The second-order valence-electron chi connectivity index (χ2n) is 4.46. The SMILES string of the molecule is COC(=O)CN1C(=O)NC(=Cc2ccc(O)c([N+](=O)[O-])c2)C1=O. The highest BCUT2D eigenvalue weighted by molar-refractivity contribution is 6.15. The molecule has 0 bridgehead atoms. The fourth-order valence-electron chi connectivity index (χ4n) is 1.85. The summed E-state index contributed by atoms with van der Waals surface area (Å²) in [5.41, 5.74) is -0.473. The summed E-state index contributed by atoms with van der Waals surface area (Å²) < 4.78 is 4.38. The van der Waals surface area contributed by atoms with Crippen molar-refractivity contribution >= 4 is 29.7 Å². The molecule has 0 spiro atoms. The van der Waals surface area contributed by atoms with E-state index in [4.69, 9.17) is 0 Å². The molecule has 0 radical (unpaired) electrons. The lowest BCUT2D eigenvalue weighted by atomic mass is 10.1. The third kappa shape index (κ3) is 3.26. The van der Waals surface area contributed by atoms with E-state index in [1.54, 1.807) is 0 Å². The number of imide groups is 1. The highest BCUT2D eigenvalue weighted by Gasteiger charge is 2.35. The number of benzene rings is 1. The van der Waals surface area contributed by atoms with Crippen LogP contribution in [0.1, 0.15) is 5.56 Å². The Hall–Kier alpha value is -3.43. The van der Waals surface area contributed by atoms with Gasteiger partial charge in [-0.05, 0) is 17.7 Å². The van der Waals surface area contributed by atoms with Crippen LogP contribution in [0, 0.1) is 10.1 Å². The molecule has 1 aromatic carbocycles.